The molecule has 1 amide bonds. The molecule has 1 saturated carbocycles. The Bertz CT molecular complexity index is 1490. The number of rotatable bonds is 4. The normalized spacial score (nSPS) is 19.9. The van der Waals surface area contributed by atoms with Crippen molar-refractivity contribution in [1.29, 1.82) is 0 Å². The van der Waals surface area contributed by atoms with Gasteiger partial charge in [-0.15, -0.1) is 5.10 Å². The fraction of sp³-hybridized carbons (Fsp3) is 0.440. The van der Waals surface area contributed by atoms with Gasteiger partial charge in [0, 0.05) is 43.5 Å². The van der Waals surface area contributed by atoms with E-state index in [2.05, 4.69) is 30.6 Å². The van der Waals surface area contributed by atoms with Crippen LogP contribution in [0.5, 0.6) is 0 Å². The van der Waals surface area contributed by atoms with Crippen molar-refractivity contribution in [3.05, 3.63) is 53.7 Å². The van der Waals surface area contributed by atoms with E-state index in [1.165, 1.54) is 4.57 Å². The van der Waals surface area contributed by atoms with Crippen LogP contribution in [0.2, 0.25) is 0 Å². The average Bonchev–Trinajstić information content (AvgIpc) is 3.54. The highest BCUT2D eigenvalue weighted by molar-refractivity contribution is 5.79. The number of nitrogens with zero attached hydrogens (tertiary/aromatic N) is 8. The van der Waals surface area contributed by atoms with E-state index in [9.17, 15) is 18.0 Å². The van der Waals surface area contributed by atoms with Crippen LogP contribution < -0.4 is 5.32 Å². The van der Waals surface area contributed by atoms with Crippen LogP contribution in [0.3, 0.4) is 0 Å². The number of anilines is 1. The monoisotopic (exact) mass is 525 g/mol. The molecule has 38 heavy (non-hydrogen) atoms. The summed E-state index contributed by atoms with van der Waals surface area (Å²) in [5.41, 5.74) is 1.81. The number of hydrogen-bond acceptors (Lipinski definition) is 7. The highest BCUT2D eigenvalue weighted by atomic mass is 19.4. The van der Waals surface area contributed by atoms with Crippen LogP contribution in [-0.4, -0.2) is 57.9 Å². The topological polar surface area (TPSA) is 107 Å². The molecule has 2 aliphatic rings. The molecular weight excluding hydrogens is 499 g/mol. The van der Waals surface area contributed by atoms with E-state index < -0.39 is 11.9 Å². The van der Waals surface area contributed by atoms with Crippen molar-refractivity contribution < 1.29 is 18.0 Å². The largest absolute Gasteiger partial charge is 0.434 e. The van der Waals surface area contributed by atoms with Crippen molar-refractivity contribution in [2.45, 2.75) is 57.9 Å². The van der Waals surface area contributed by atoms with Gasteiger partial charge in [-0.2, -0.15) is 22.8 Å². The molecule has 0 saturated heterocycles. The fourth-order valence-electron chi connectivity index (χ4n) is 5.29. The summed E-state index contributed by atoms with van der Waals surface area (Å²) in [7, 11) is 0. The van der Waals surface area contributed by atoms with E-state index in [0.717, 1.165) is 35.6 Å². The number of aryl methyl sites for hydroxylation is 1. The smallest absolute Gasteiger partial charge is 0.351 e. The van der Waals surface area contributed by atoms with E-state index >= 15 is 0 Å². The van der Waals surface area contributed by atoms with Crippen molar-refractivity contribution in [3.8, 4) is 5.82 Å². The first-order chi connectivity index (χ1) is 18.3. The molecule has 0 bridgehead atoms. The second kappa shape index (κ2) is 9.37. The summed E-state index contributed by atoms with van der Waals surface area (Å²) >= 11 is 0. The van der Waals surface area contributed by atoms with E-state index in [1.54, 1.807) is 21.8 Å². The highest BCUT2D eigenvalue weighted by Crippen LogP contribution is 2.31. The molecule has 6 rings (SSSR count). The zero-order chi connectivity index (χ0) is 26.4. The van der Waals surface area contributed by atoms with Crippen molar-refractivity contribution in [2.75, 3.05) is 11.9 Å². The van der Waals surface area contributed by atoms with Crippen molar-refractivity contribution in [1.82, 2.24) is 39.4 Å². The Morgan fingerprint density at radius 2 is 1.89 bits per heavy atom. The minimum absolute atomic E-state index is 0.0159. The van der Waals surface area contributed by atoms with Crippen LogP contribution in [0.15, 0.2) is 36.7 Å². The van der Waals surface area contributed by atoms with Gasteiger partial charge in [0.15, 0.2) is 11.5 Å². The molecule has 4 heterocycles. The van der Waals surface area contributed by atoms with Gasteiger partial charge in [0.05, 0.1) is 12.1 Å². The molecule has 1 aliphatic carbocycles. The molecule has 1 fully saturated rings. The average molecular weight is 526 g/mol. The first-order valence-corrected chi connectivity index (χ1v) is 12.6. The van der Waals surface area contributed by atoms with Crippen molar-refractivity contribution in [3.63, 3.8) is 0 Å². The molecule has 1 N–H and O–H groups in total. The number of halogens is 3. The number of alkyl halides is 3. The van der Waals surface area contributed by atoms with Crippen LogP contribution in [-0.2, 0) is 24.1 Å². The summed E-state index contributed by atoms with van der Waals surface area (Å²) in [6.45, 7) is 2.79. The van der Waals surface area contributed by atoms with Crippen LogP contribution >= 0.6 is 0 Å². The van der Waals surface area contributed by atoms with Crippen LogP contribution in [0, 0.1) is 12.8 Å². The number of imidazole rings is 1. The summed E-state index contributed by atoms with van der Waals surface area (Å²) in [5, 5.41) is 11.9. The van der Waals surface area contributed by atoms with Gasteiger partial charge in [-0.25, -0.2) is 9.97 Å². The number of aromatic nitrogens is 7. The van der Waals surface area contributed by atoms with Gasteiger partial charge in [0.2, 0.25) is 11.9 Å². The number of hydrogen-bond donors (Lipinski definition) is 1. The number of fused-ring (bicyclic) bond motifs is 2. The maximum Gasteiger partial charge on any atom is 0.434 e. The third kappa shape index (κ3) is 4.56. The lowest BCUT2D eigenvalue weighted by Crippen LogP contribution is -2.43. The SMILES string of the molecule is Cc1cccc2c1nnn2-c1ccnc(NC2CCC(C(=O)N3CCn4cc(C(F)(F)F)nc4C3)CC2)n1. The quantitative estimate of drug-likeness (QED) is 0.433. The van der Waals surface area contributed by atoms with E-state index in [0.29, 0.717) is 37.7 Å². The second-order valence-electron chi connectivity index (χ2n) is 9.87. The maximum absolute atomic E-state index is 13.1. The van der Waals surface area contributed by atoms with Gasteiger partial charge in [0.1, 0.15) is 11.3 Å². The summed E-state index contributed by atoms with van der Waals surface area (Å²) in [6, 6.07) is 7.77. The number of carbonyl (C=O) groups is 1. The molecule has 198 valence electrons. The molecule has 0 spiro atoms. The van der Waals surface area contributed by atoms with Gasteiger partial charge in [-0.05, 0) is 44.2 Å². The molecule has 0 unspecified atom stereocenters. The molecule has 0 radical (unpaired) electrons. The molecule has 4 aromatic rings. The molecule has 3 aromatic heterocycles. The number of amides is 1. The second-order valence-corrected chi connectivity index (χ2v) is 9.87. The molecule has 10 nitrogen and oxygen atoms in total. The Morgan fingerprint density at radius 1 is 1.08 bits per heavy atom. The van der Waals surface area contributed by atoms with Gasteiger partial charge in [0.25, 0.3) is 0 Å². The predicted molar refractivity (Wildman–Crippen MR) is 131 cm³/mol. The molecule has 1 aliphatic heterocycles. The Kier molecular flexibility index (Phi) is 6.00. The first-order valence-electron chi connectivity index (χ1n) is 12.6. The van der Waals surface area contributed by atoms with Gasteiger partial charge < -0.3 is 14.8 Å². The lowest BCUT2D eigenvalue weighted by Gasteiger charge is -2.34. The Balaban J connectivity index is 1.07. The maximum atomic E-state index is 13.1. The van der Waals surface area contributed by atoms with E-state index in [4.69, 9.17) is 0 Å². The summed E-state index contributed by atoms with van der Waals surface area (Å²) in [5.74, 6) is 1.19. The number of carbonyl (C=O) groups excluding carboxylic acids is 1. The predicted octanol–water partition coefficient (Wildman–Crippen LogP) is 3.75. The number of benzene rings is 1. The first kappa shape index (κ1) is 24.3. The van der Waals surface area contributed by atoms with Gasteiger partial charge in [-0.3, -0.25) is 4.79 Å². The van der Waals surface area contributed by atoms with Gasteiger partial charge >= 0.3 is 6.18 Å². The van der Waals surface area contributed by atoms with Crippen molar-refractivity contribution in [2.24, 2.45) is 5.92 Å². The standard InChI is InChI=1S/C25H26F3N9O/c1-15-3-2-4-18-22(15)33-34-37(18)20-9-10-29-24(32-20)30-17-7-5-16(6-8-17)23(38)36-12-11-35-13-19(25(26,27)28)31-21(35)14-36/h2-4,9-10,13,16-17H,5-8,11-12,14H2,1H3,(H,29,30,32). The lowest BCUT2D eigenvalue weighted by atomic mass is 9.85. The van der Waals surface area contributed by atoms with E-state index in [1.807, 2.05) is 25.1 Å². The highest BCUT2D eigenvalue weighted by Gasteiger charge is 2.37. The van der Waals surface area contributed by atoms with Crippen molar-refractivity contribution >= 4 is 22.9 Å². The van der Waals surface area contributed by atoms with E-state index in [-0.39, 0.29) is 30.2 Å². The Hall–Kier alpha value is -4.03. The molecule has 0 atom stereocenters. The lowest BCUT2D eigenvalue weighted by molar-refractivity contribution is -0.141. The Morgan fingerprint density at radius 3 is 2.68 bits per heavy atom. The van der Waals surface area contributed by atoms with Crippen LogP contribution in [0.25, 0.3) is 16.9 Å². The van der Waals surface area contributed by atoms with Gasteiger partial charge in [-0.1, -0.05) is 17.3 Å². The zero-order valence-electron chi connectivity index (χ0n) is 20.7. The number of nitrogens with one attached hydrogen (secondary N) is 1. The Labute approximate surface area is 215 Å². The molecule has 13 heteroatoms. The zero-order valence-corrected chi connectivity index (χ0v) is 20.7. The molecular formula is C25H26F3N9O. The minimum Gasteiger partial charge on any atom is -0.351 e. The summed E-state index contributed by atoms with van der Waals surface area (Å²) in [4.78, 5) is 27.5. The molecule has 1 aromatic carbocycles. The third-order valence-corrected chi connectivity index (χ3v) is 7.35. The summed E-state index contributed by atoms with van der Waals surface area (Å²) < 4.78 is 42.2. The van der Waals surface area contributed by atoms with Crippen LogP contribution in [0.4, 0.5) is 19.1 Å². The van der Waals surface area contributed by atoms with Crippen LogP contribution in [0.1, 0.15) is 42.8 Å². The fourth-order valence-corrected chi connectivity index (χ4v) is 5.29. The minimum atomic E-state index is -4.49. The summed E-state index contributed by atoms with van der Waals surface area (Å²) in [6.07, 6.45) is 1.09. The third-order valence-electron chi connectivity index (χ3n) is 7.35.